The fourth-order valence-corrected chi connectivity index (χ4v) is 2.96. The molecule has 3 aromatic rings. The normalized spacial score (nSPS) is 10.5. The summed E-state index contributed by atoms with van der Waals surface area (Å²) in [4.78, 5) is 9.81. The lowest BCUT2D eigenvalue weighted by molar-refractivity contribution is 1.02. The first-order valence-electron chi connectivity index (χ1n) is 7.43. The van der Waals surface area contributed by atoms with Gasteiger partial charge >= 0.3 is 0 Å². The lowest BCUT2D eigenvalue weighted by Gasteiger charge is -2.12. The molecule has 0 amide bonds. The predicted molar refractivity (Wildman–Crippen MR) is 97.4 cm³/mol. The first kappa shape index (κ1) is 15.3. The van der Waals surface area contributed by atoms with Crippen LogP contribution < -0.4 is 16.4 Å². The molecule has 23 heavy (non-hydrogen) atoms. The third-order valence-electron chi connectivity index (χ3n) is 3.41. The molecule has 0 unspecified atom stereocenters. The summed E-state index contributed by atoms with van der Waals surface area (Å²) in [5.74, 6) is 1.27. The van der Waals surface area contributed by atoms with Gasteiger partial charge in [-0.15, -0.1) is 11.3 Å². The molecule has 0 fully saturated rings. The van der Waals surface area contributed by atoms with Gasteiger partial charge in [0.15, 0.2) is 11.6 Å². The van der Waals surface area contributed by atoms with E-state index >= 15 is 0 Å². The number of rotatable bonds is 6. The van der Waals surface area contributed by atoms with E-state index in [9.17, 15) is 0 Å². The second-order valence-electron chi connectivity index (χ2n) is 5.24. The molecule has 0 radical (unpaired) electrons. The highest BCUT2D eigenvalue weighted by Crippen LogP contribution is 2.26. The molecule has 0 saturated carbocycles. The first-order chi connectivity index (χ1) is 11.2. The smallest absolute Gasteiger partial charge is 0.159 e. The summed E-state index contributed by atoms with van der Waals surface area (Å²) in [5.41, 5.74) is 8.85. The molecule has 1 aromatic carbocycles. The molecule has 0 atom stereocenters. The van der Waals surface area contributed by atoms with E-state index in [1.54, 1.807) is 11.3 Å². The molecule has 0 spiro atoms. The van der Waals surface area contributed by atoms with Gasteiger partial charge < -0.3 is 16.4 Å². The molecule has 0 aliphatic heterocycles. The fourth-order valence-electron chi connectivity index (χ4n) is 2.25. The number of aryl methyl sites for hydroxylation is 1. The van der Waals surface area contributed by atoms with Crippen LogP contribution in [-0.2, 0) is 6.42 Å². The Morgan fingerprint density at radius 3 is 2.78 bits per heavy atom. The Morgan fingerprint density at radius 2 is 2.00 bits per heavy atom. The number of hydrogen-bond donors (Lipinski definition) is 3. The van der Waals surface area contributed by atoms with Crippen LogP contribution in [0.3, 0.4) is 0 Å². The van der Waals surface area contributed by atoms with Crippen molar-refractivity contribution >= 4 is 34.3 Å². The standard InChI is InChI=1S/C17H19N5S/c1-12-4-2-5-13(10-12)22-17-15(18)16(20-11-21-17)19-8-7-14-6-3-9-23-14/h2-6,9-11H,7-8,18H2,1H3,(H2,19,20,21,22). The number of benzene rings is 1. The minimum atomic E-state index is 0.528. The largest absolute Gasteiger partial charge is 0.393 e. The maximum Gasteiger partial charge on any atom is 0.159 e. The lowest BCUT2D eigenvalue weighted by atomic mass is 10.2. The summed E-state index contributed by atoms with van der Waals surface area (Å²) in [6.45, 7) is 2.83. The number of aromatic nitrogens is 2. The Kier molecular flexibility index (Phi) is 4.73. The van der Waals surface area contributed by atoms with Gasteiger partial charge in [0.2, 0.25) is 0 Å². The van der Waals surface area contributed by atoms with E-state index in [0.29, 0.717) is 17.3 Å². The molecule has 2 aromatic heterocycles. The Bertz CT molecular complexity index is 770. The second kappa shape index (κ2) is 7.11. The molecule has 4 N–H and O–H groups in total. The zero-order valence-electron chi connectivity index (χ0n) is 12.9. The van der Waals surface area contributed by atoms with E-state index in [4.69, 9.17) is 5.73 Å². The maximum atomic E-state index is 6.18. The topological polar surface area (TPSA) is 75.9 Å². The maximum absolute atomic E-state index is 6.18. The van der Waals surface area contributed by atoms with Gasteiger partial charge in [0.1, 0.15) is 12.0 Å². The third-order valence-corrected chi connectivity index (χ3v) is 4.34. The number of hydrogen-bond acceptors (Lipinski definition) is 6. The SMILES string of the molecule is Cc1cccc(Nc2ncnc(NCCc3cccs3)c2N)c1. The van der Waals surface area contributed by atoms with Crippen molar-refractivity contribution in [2.24, 2.45) is 0 Å². The molecular weight excluding hydrogens is 306 g/mol. The van der Waals surface area contributed by atoms with Crippen molar-refractivity contribution in [3.63, 3.8) is 0 Å². The highest BCUT2D eigenvalue weighted by atomic mass is 32.1. The highest BCUT2D eigenvalue weighted by molar-refractivity contribution is 7.09. The van der Waals surface area contributed by atoms with Crippen molar-refractivity contribution in [2.75, 3.05) is 22.9 Å². The summed E-state index contributed by atoms with van der Waals surface area (Å²) >= 11 is 1.75. The number of nitrogens with one attached hydrogen (secondary N) is 2. The van der Waals surface area contributed by atoms with Crippen molar-refractivity contribution < 1.29 is 0 Å². The van der Waals surface area contributed by atoms with E-state index in [0.717, 1.165) is 18.7 Å². The third kappa shape index (κ3) is 3.98. The van der Waals surface area contributed by atoms with Crippen molar-refractivity contribution in [3.05, 3.63) is 58.5 Å². The van der Waals surface area contributed by atoms with Crippen molar-refractivity contribution in [2.45, 2.75) is 13.3 Å². The molecule has 0 aliphatic rings. The summed E-state index contributed by atoms with van der Waals surface area (Å²) in [5, 5.41) is 8.60. The van der Waals surface area contributed by atoms with E-state index in [1.807, 2.05) is 31.2 Å². The van der Waals surface area contributed by atoms with Crippen LogP contribution in [0.4, 0.5) is 23.0 Å². The second-order valence-corrected chi connectivity index (χ2v) is 6.27. The average molecular weight is 325 g/mol. The van der Waals surface area contributed by atoms with Gasteiger partial charge in [0.25, 0.3) is 0 Å². The van der Waals surface area contributed by atoms with Crippen LogP contribution in [0.5, 0.6) is 0 Å². The Balaban J connectivity index is 1.68. The number of nitrogens with two attached hydrogens (primary N) is 1. The summed E-state index contributed by atoms with van der Waals surface area (Å²) < 4.78 is 0. The van der Waals surface area contributed by atoms with Crippen molar-refractivity contribution in [3.8, 4) is 0 Å². The summed E-state index contributed by atoms with van der Waals surface area (Å²) in [7, 11) is 0. The van der Waals surface area contributed by atoms with Crippen LogP contribution in [0, 0.1) is 6.92 Å². The lowest BCUT2D eigenvalue weighted by Crippen LogP contribution is -2.10. The van der Waals surface area contributed by atoms with Gasteiger partial charge in [-0.2, -0.15) is 0 Å². The van der Waals surface area contributed by atoms with Crippen LogP contribution in [0.25, 0.3) is 0 Å². The van der Waals surface area contributed by atoms with Crippen molar-refractivity contribution in [1.29, 1.82) is 0 Å². The van der Waals surface area contributed by atoms with Crippen molar-refractivity contribution in [1.82, 2.24) is 9.97 Å². The number of nitrogen functional groups attached to an aromatic ring is 1. The van der Waals surface area contributed by atoms with Gasteiger partial charge in [-0.3, -0.25) is 0 Å². The van der Waals surface area contributed by atoms with Crippen LogP contribution in [-0.4, -0.2) is 16.5 Å². The highest BCUT2D eigenvalue weighted by Gasteiger charge is 2.08. The molecule has 0 saturated heterocycles. The quantitative estimate of drug-likeness (QED) is 0.642. The predicted octanol–water partition coefficient (Wildman–Crippen LogP) is 3.83. The first-order valence-corrected chi connectivity index (χ1v) is 8.31. The molecular formula is C17H19N5S. The molecule has 0 bridgehead atoms. The van der Waals surface area contributed by atoms with Gasteiger partial charge in [0.05, 0.1) is 0 Å². The van der Waals surface area contributed by atoms with Crippen LogP contribution in [0.1, 0.15) is 10.4 Å². The summed E-state index contributed by atoms with van der Waals surface area (Å²) in [6.07, 6.45) is 2.46. The van der Waals surface area contributed by atoms with Crippen LogP contribution in [0.2, 0.25) is 0 Å². The van der Waals surface area contributed by atoms with Gasteiger partial charge in [-0.1, -0.05) is 18.2 Å². The molecule has 3 rings (SSSR count). The molecule has 6 heteroatoms. The number of anilines is 4. The van der Waals surface area contributed by atoms with E-state index < -0.39 is 0 Å². The van der Waals surface area contributed by atoms with Gasteiger partial charge in [0, 0.05) is 17.1 Å². The number of nitrogens with zero attached hydrogens (tertiary/aromatic N) is 2. The van der Waals surface area contributed by atoms with E-state index in [-0.39, 0.29) is 0 Å². The molecule has 0 aliphatic carbocycles. The van der Waals surface area contributed by atoms with Crippen LogP contribution >= 0.6 is 11.3 Å². The van der Waals surface area contributed by atoms with Crippen LogP contribution in [0.15, 0.2) is 48.1 Å². The number of thiophene rings is 1. The van der Waals surface area contributed by atoms with E-state index in [2.05, 4.69) is 38.1 Å². The molecule has 2 heterocycles. The van der Waals surface area contributed by atoms with E-state index in [1.165, 1.54) is 16.8 Å². The minimum Gasteiger partial charge on any atom is -0.393 e. The monoisotopic (exact) mass is 325 g/mol. The molecule has 5 nitrogen and oxygen atoms in total. The Morgan fingerprint density at radius 1 is 1.13 bits per heavy atom. The zero-order valence-corrected chi connectivity index (χ0v) is 13.7. The zero-order chi connectivity index (χ0) is 16.1. The minimum absolute atomic E-state index is 0.528. The molecule has 118 valence electrons. The Labute approximate surface area is 139 Å². The van der Waals surface area contributed by atoms with Gasteiger partial charge in [-0.25, -0.2) is 9.97 Å². The van der Waals surface area contributed by atoms with Gasteiger partial charge in [-0.05, 0) is 42.5 Å². The summed E-state index contributed by atoms with van der Waals surface area (Å²) in [6, 6.07) is 12.3. The fraction of sp³-hybridized carbons (Fsp3) is 0.176. The Hall–Kier alpha value is -2.60. The average Bonchev–Trinajstić information content (AvgIpc) is 3.04.